The Balaban J connectivity index is 2.36. The summed E-state index contributed by atoms with van der Waals surface area (Å²) in [5.41, 5.74) is -0.829. The van der Waals surface area contributed by atoms with Gasteiger partial charge in [-0.3, -0.25) is 4.79 Å². The van der Waals surface area contributed by atoms with Gasteiger partial charge in [-0.1, -0.05) is 17.7 Å². The van der Waals surface area contributed by atoms with E-state index in [-0.39, 0.29) is 10.7 Å². The number of Topliss-reactive ketones (excluding diaryl/α,β-unsaturated/α-hetero) is 1. The molecule has 6 nitrogen and oxygen atoms in total. The molecule has 0 atom stereocenters. The fraction of sp³-hybridized carbons (Fsp3) is 0.200. The van der Waals surface area contributed by atoms with E-state index in [0.717, 1.165) is 11.6 Å². The predicted molar refractivity (Wildman–Crippen MR) is 78.9 cm³/mol. The molecule has 116 valence electrons. The summed E-state index contributed by atoms with van der Waals surface area (Å²) in [6.45, 7) is 3.23. The van der Waals surface area contributed by atoms with Crippen LogP contribution in [0.3, 0.4) is 0 Å². The molecule has 1 aromatic heterocycles. The van der Waals surface area contributed by atoms with Gasteiger partial charge in [0.2, 0.25) is 0 Å². The van der Waals surface area contributed by atoms with Gasteiger partial charge >= 0.3 is 5.63 Å². The van der Waals surface area contributed by atoms with Crippen LogP contribution < -0.4 is 5.63 Å². The lowest BCUT2D eigenvalue weighted by atomic mass is 10.2. The summed E-state index contributed by atoms with van der Waals surface area (Å²) in [6.07, 6.45) is 0. The third kappa shape index (κ3) is 3.25. The molecule has 22 heavy (non-hydrogen) atoms. The summed E-state index contributed by atoms with van der Waals surface area (Å²) in [5, 5.41) is 9.67. The Morgan fingerprint density at radius 2 is 1.77 bits per heavy atom. The van der Waals surface area contributed by atoms with Crippen molar-refractivity contribution in [1.29, 1.82) is 0 Å². The van der Waals surface area contributed by atoms with Crippen molar-refractivity contribution in [2.45, 2.75) is 18.7 Å². The van der Waals surface area contributed by atoms with Crippen molar-refractivity contribution in [2.75, 3.05) is 5.75 Å². The molecule has 0 amide bonds. The molecule has 0 unspecified atom stereocenters. The molecule has 0 radical (unpaired) electrons. The van der Waals surface area contributed by atoms with Gasteiger partial charge in [-0.05, 0) is 26.0 Å². The van der Waals surface area contributed by atoms with E-state index in [2.05, 4.69) is 0 Å². The van der Waals surface area contributed by atoms with Crippen LogP contribution in [0.15, 0.2) is 44.4 Å². The Labute approximate surface area is 126 Å². The molecule has 1 aromatic carbocycles. The van der Waals surface area contributed by atoms with E-state index in [4.69, 9.17) is 4.42 Å². The van der Waals surface area contributed by atoms with Crippen LogP contribution in [-0.2, 0) is 9.84 Å². The van der Waals surface area contributed by atoms with E-state index in [0.29, 0.717) is 0 Å². The molecule has 0 fully saturated rings. The molecule has 1 heterocycles. The van der Waals surface area contributed by atoms with Crippen LogP contribution in [0.5, 0.6) is 5.75 Å². The smallest absolute Gasteiger partial charge is 0.350 e. The molecule has 0 spiro atoms. The second-order valence-electron chi connectivity index (χ2n) is 4.90. The summed E-state index contributed by atoms with van der Waals surface area (Å²) >= 11 is 0. The van der Waals surface area contributed by atoms with E-state index in [1.54, 1.807) is 19.1 Å². The molecule has 0 saturated carbocycles. The minimum absolute atomic E-state index is 0.0255. The van der Waals surface area contributed by atoms with Crippen molar-refractivity contribution in [3.05, 3.63) is 57.6 Å². The number of carbonyl (C=O) groups excluding carboxylic acids is 1. The van der Waals surface area contributed by atoms with Crippen LogP contribution in [0.25, 0.3) is 0 Å². The van der Waals surface area contributed by atoms with Gasteiger partial charge in [0, 0.05) is 6.07 Å². The maximum atomic E-state index is 12.2. The topological polar surface area (TPSA) is 102 Å². The van der Waals surface area contributed by atoms with Gasteiger partial charge in [0.05, 0.1) is 4.90 Å². The second kappa shape index (κ2) is 5.76. The predicted octanol–water partition coefficient (Wildman–Crippen LogP) is 1.62. The van der Waals surface area contributed by atoms with Crippen molar-refractivity contribution in [2.24, 2.45) is 0 Å². The van der Waals surface area contributed by atoms with Crippen LogP contribution in [0.1, 0.15) is 21.7 Å². The summed E-state index contributed by atoms with van der Waals surface area (Å²) < 4.78 is 29.1. The van der Waals surface area contributed by atoms with Gasteiger partial charge in [0.1, 0.15) is 22.8 Å². The van der Waals surface area contributed by atoms with Crippen molar-refractivity contribution < 1.29 is 22.7 Å². The standard InChI is InChI=1S/C15H14O6S/c1-9-3-5-11(6-4-9)22(19,20)8-13(17)14-12(16)7-10(2)21-15(14)18/h3-7,16H,8H2,1-2H3. The monoisotopic (exact) mass is 322 g/mol. The third-order valence-electron chi connectivity index (χ3n) is 3.03. The number of benzene rings is 1. The number of rotatable bonds is 4. The van der Waals surface area contributed by atoms with E-state index in [9.17, 15) is 23.1 Å². The highest BCUT2D eigenvalue weighted by Gasteiger charge is 2.25. The summed E-state index contributed by atoms with van der Waals surface area (Å²) in [5.74, 6) is -2.39. The lowest BCUT2D eigenvalue weighted by Crippen LogP contribution is -2.22. The van der Waals surface area contributed by atoms with Gasteiger partial charge in [-0.2, -0.15) is 0 Å². The third-order valence-corrected chi connectivity index (χ3v) is 4.67. The van der Waals surface area contributed by atoms with Crippen molar-refractivity contribution in [3.8, 4) is 5.75 Å². The first-order valence-electron chi connectivity index (χ1n) is 6.37. The fourth-order valence-corrected chi connectivity index (χ4v) is 3.13. The molecule has 7 heteroatoms. The lowest BCUT2D eigenvalue weighted by molar-refractivity contribution is 0.101. The number of sulfone groups is 1. The number of aryl methyl sites for hydroxylation is 2. The van der Waals surface area contributed by atoms with Crippen LogP contribution in [0, 0.1) is 13.8 Å². The average molecular weight is 322 g/mol. The van der Waals surface area contributed by atoms with Crippen LogP contribution >= 0.6 is 0 Å². The number of carbonyl (C=O) groups is 1. The normalized spacial score (nSPS) is 11.4. The van der Waals surface area contributed by atoms with E-state index < -0.39 is 38.3 Å². The zero-order chi connectivity index (χ0) is 16.5. The quantitative estimate of drug-likeness (QED) is 0.858. The SMILES string of the molecule is Cc1ccc(S(=O)(=O)CC(=O)c2c(O)cc(C)oc2=O)cc1. The minimum Gasteiger partial charge on any atom is -0.507 e. The Hall–Kier alpha value is -2.41. The van der Waals surface area contributed by atoms with Crippen molar-refractivity contribution in [1.82, 2.24) is 0 Å². The van der Waals surface area contributed by atoms with Crippen LogP contribution in [-0.4, -0.2) is 25.1 Å². The Bertz CT molecular complexity index is 875. The van der Waals surface area contributed by atoms with Crippen LogP contribution in [0.4, 0.5) is 0 Å². The van der Waals surface area contributed by atoms with Gasteiger partial charge < -0.3 is 9.52 Å². The molecule has 0 saturated heterocycles. The van der Waals surface area contributed by atoms with E-state index >= 15 is 0 Å². The molecule has 1 N–H and O–H groups in total. The fourth-order valence-electron chi connectivity index (χ4n) is 1.93. The Morgan fingerprint density at radius 3 is 2.32 bits per heavy atom. The zero-order valence-electron chi connectivity index (χ0n) is 12.0. The maximum Gasteiger partial charge on any atom is 0.350 e. The summed E-state index contributed by atoms with van der Waals surface area (Å²) in [4.78, 5) is 23.7. The number of hydrogen-bond donors (Lipinski definition) is 1. The Morgan fingerprint density at radius 1 is 1.18 bits per heavy atom. The van der Waals surface area contributed by atoms with E-state index in [1.807, 2.05) is 0 Å². The second-order valence-corrected chi connectivity index (χ2v) is 6.89. The molecule has 0 bridgehead atoms. The van der Waals surface area contributed by atoms with Gasteiger partial charge in [0.25, 0.3) is 0 Å². The number of aromatic hydroxyl groups is 1. The number of ketones is 1. The maximum absolute atomic E-state index is 12.2. The zero-order valence-corrected chi connectivity index (χ0v) is 12.8. The van der Waals surface area contributed by atoms with E-state index in [1.165, 1.54) is 19.1 Å². The highest BCUT2D eigenvalue weighted by atomic mass is 32.2. The van der Waals surface area contributed by atoms with Gasteiger partial charge in [-0.25, -0.2) is 13.2 Å². The summed E-state index contributed by atoms with van der Waals surface area (Å²) in [7, 11) is -3.91. The molecule has 0 aliphatic heterocycles. The van der Waals surface area contributed by atoms with Gasteiger partial charge in [-0.15, -0.1) is 0 Å². The lowest BCUT2D eigenvalue weighted by Gasteiger charge is -2.05. The summed E-state index contributed by atoms with van der Waals surface area (Å²) in [6, 6.07) is 7.07. The minimum atomic E-state index is -3.91. The molecular formula is C15H14O6S. The molecule has 2 aromatic rings. The number of hydrogen-bond acceptors (Lipinski definition) is 6. The largest absolute Gasteiger partial charge is 0.507 e. The van der Waals surface area contributed by atoms with Crippen molar-refractivity contribution >= 4 is 15.6 Å². The average Bonchev–Trinajstić information content (AvgIpc) is 2.37. The van der Waals surface area contributed by atoms with Crippen LogP contribution in [0.2, 0.25) is 0 Å². The molecule has 2 rings (SSSR count). The molecule has 0 aliphatic rings. The van der Waals surface area contributed by atoms with Crippen molar-refractivity contribution in [3.63, 3.8) is 0 Å². The first kappa shape index (κ1) is 16.0. The molecular weight excluding hydrogens is 308 g/mol. The van der Waals surface area contributed by atoms with Gasteiger partial charge in [0.15, 0.2) is 15.6 Å². The Kier molecular flexibility index (Phi) is 4.18. The highest BCUT2D eigenvalue weighted by Crippen LogP contribution is 2.18. The first-order chi connectivity index (χ1) is 10.2. The molecule has 0 aliphatic carbocycles. The first-order valence-corrected chi connectivity index (χ1v) is 8.02. The highest BCUT2D eigenvalue weighted by molar-refractivity contribution is 7.92.